The fourth-order valence-electron chi connectivity index (χ4n) is 1.52. The quantitative estimate of drug-likeness (QED) is 0.461. The lowest BCUT2D eigenvalue weighted by atomic mass is 10.0. The highest BCUT2D eigenvalue weighted by atomic mass is 35.5. The summed E-state index contributed by atoms with van der Waals surface area (Å²) in [5.74, 6) is -6.42. The Labute approximate surface area is 110 Å². The van der Waals surface area contributed by atoms with Crippen LogP contribution >= 0.6 is 11.6 Å². The van der Waals surface area contributed by atoms with Crippen molar-refractivity contribution in [3.05, 3.63) is 69.8 Å². The Hall–Kier alpha value is -1.88. The van der Waals surface area contributed by atoms with Crippen molar-refractivity contribution in [2.24, 2.45) is 0 Å². The van der Waals surface area contributed by atoms with Crippen molar-refractivity contribution in [2.45, 2.75) is 0 Å². The second-order valence-electron chi connectivity index (χ2n) is 3.68. The largest absolute Gasteiger partial charge is 0.289 e. The van der Waals surface area contributed by atoms with Crippen LogP contribution in [0.5, 0.6) is 0 Å². The van der Waals surface area contributed by atoms with Gasteiger partial charge in [0.1, 0.15) is 5.82 Å². The van der Waals surface area contributed by atoms with Crippen LogP contribution in [0.25, 0.3) is 0 Å². The monoisotopic (exact) mass is 288 g/mol. The number of benzene rings is 2. The summed E-state index contributed by atoms with van der Waals surface area (Å²) in [4.78, 5) is 11.9. The molecule has 2 rings (SSSR count). The summed E-state index contributed by atoms with van der Waals surface area (Å²) >= 11 is 5.59. The van der Waals surface area contributed by atoms with Crippen molar-refractivity contribution < 1.29 is 22.4 Å². The maximum atomic E-state index is 13.2. The Morgan fingerprint density at radius 3 is 2.11 bits per heavy atom. The number of carbonyl (C=O) groups is 1. The van der Waals surface area contributed by atoms with Gasteiger partial charge in [0, 0.05) is 11.1 Å². The summed E-state index contributed by atoms with van der Waals surface area (Å²) in [6.45, 7) is 0. The Morgan fingerprint density at radius 2 is 1.53 bits per heavy atom. The maximum absolute atomic E-state index is 13.2. The summed E-state index contributed by atoms with van der Waals surface area (Å²) in [6.07, 6.45) is 0. The predicted octanol–water partition coefficient (Wildman–Crippen LogP) is 4.13. The van der Waals surface area contributed by atoms with Crippen LogP contribution in [0.2, 0.25) is 5.02 Å². The van der Waals surface area contributed by atoms with E-state index in [1.807, 2.05) is 0 Å². The molecule has 0 bridgehead atoms. The van der Waals surface area contributed by atoms with Gasteiger partial charge in [0.05, 0.1) is 5.02 Å². The highest BCUT2D eigenvalue weighted by Crippen LogP contribution is 2.24. The van der Waals surface area contributed by atoms with Crippen LogP contribution in [0.1, 0.15) is 15.9 Å². The van der Waals surface area contributed by atoms with Gasteiger partial charge in [-0.3, -0.25) is 4.79 Å². The van der Waals surface area contributed by atoms with Crippen molar-refractivity contribution in [3.63, 3.8) is 0 Å². The van der Waals surface area contributed by atoms with Gasteiger partial charge in [-0.15, -0.1) is 0 Å². The molecule has 0 saturated heterocycles. The standard InChI is InChI=1S/C13H5ClF4O/c14-11-7(2-1-3-8(11)15)13(19)6-4-9(16)12(18)10(17)5-6/h1-5H. The van der Waals surface area contributed by atoms with Crippen molar-refractivity contribution >= 4 is 17.4 Å². The Balaban J connectivity index is 2.53. The number of carbonyl (C=O) groups excluding carboxylic acids is 1. The van der Waals surface area contributed by atoms with E-state index < -0.39 is 39.6 Å². The molecule has 2 aromatic carbocycles. The third-order valence-corrected chi connectivity index (χ3v) is 2.83. The molecule has 0 saturated carbocycles. The predicted molar refractivity (Wildman–Crippen MR) is 61.2 cm³/mol. The molecule has 0 radical (unpaired) electrons. The summed E-state index contributed by atoms with van der Waals surface area (Å²) < 4.78 is 52.0. The number of ketones is 1. The fourth-order valence-corrected chi connectivity index (χ4v) is 1.73. The van der Waals surface area contributed by atoms with E-state index in [0.717, 1.165) is 6.07 Å². The van der Waals surface area contributed by atoms with Gasteiger partial charge in [-0.25, -0.2) is 17.6 Å². The first-order valence-electron chi connectivity index (χ1n) is 5.05. The van der Waals surface area contributed by atoms with Crippen LogP contribution in [0.15, 0.2) is 30.3 Å². The summed E-state index contributed by atoms with van der Waals surface area (Å²) in [7, 11) is 0. The smallest absolute Gasteiger partial charge is 0.194 e. The van der Waals surface area contributed by atoms with E-state index >= 15 is 0 Å². The summed E-state index contributed by atoms with van der Waals surface area (Å²) in [5.41, 5.74) is -0.712. The lowest BCUT2D eigenvalue weighted by Gasteiger charge is -2.05. The van der Waals surface area contributed by atoms with Crippen LogP contribution in [-0.4, -0.2) is 5.78 Å². The third-order valence-electron chi connectivity index (χ3n) is 2.44. The van der Waals surface area contributed by atoms with Crippen molar-refractivity contribution in [1.29, 1.82) is 0 Å². The van der Waals surface area contributed by atoms with E-state index in [2.05, 4.69) is 0 Å². The molecule has 0 aromatic heterocycles. The van der Waals surface area contributed by atoms with Crippen molar-refractivity contribution in [2.75, 3.05) is 0 Å². The molecule has 0 unspecified atom stereocenters. The van der Waals surface area contributed by atoms with Gasteiger partial charge < -0.3 is 0 Å². The van der Waals surface area contributed by atoms with E-state index in [9.17, 15) is 22.4 Å². The van der Waals surface area contributed by atoms with Crippen LogP contribution < -0.4 is 0 Å². The average molecular weight is 289 g/mol. The second-order valence-corrected chi connectivity index (χ2v) is 4.06. The zero-order valence-corrected chi connectivity index (χ0v) is 9.94. The molecule has 0 heterocycles. The minimum absolute atomic E-state index is 0.257. The van der Waals surface area contributed by atoms with Gasteiger partial charge >= 0.3 is 0 Å². The Kier molecular flexibility index (Phi) is 3.57. The minimum atomic E-state index is -1.68. The first kappa shape index (κ1) is 13.5. The molecule has 2 aromatic rings. The average Bonchev–Trinajstić information content (AvgIpc) is 2.38. The lowest BCUT2D eigenvalue weighted by Crippen LogP contribution is -2.06. The third kappa shape index (κ3) is 2.46. The molecular formula is C13H5ClF4O. The van der Waals surface area contributed by atoms with E-state index in [0.29, 0.717) is 12.1 Å². The molecule has 6 heteroatoms. The van der Waals surface area contributed by atoms with E-state index in [4.69, 9.17) is 11.6 Å². The molecule has 0 aliphatic rings. The van der Waals surface area contributed by atoms with E-state index in [-0.39, 0.29) is 5.56 Å². The molecule has 0 atom stereocenters. The fraction of sp³-hybridized carbons (Fsp3) is 0. The van der Waals surface area contributed by atoms with E-state index in [1.54, 1.807) is 0 Å². The highest BCUT2D eigenvalue weighted by molar-refractivity contribution is 6.35. The molecule has 1 nitrogen and oxygen atoms in total. The van der Waals surface area contributed by atoms with Crippen molar-refractivity contribution in [3.8, 4) is 0 Å². The van der Waals surface area contributed by atoms with Gasteiger partial charge in [-0.2, -0.15) is 0 Å². The highest BCUT2D eigenvalue weighted by Gasteiger charge is 2.19. The first-order chi connectivity index (χ1) is 8.91. The van der Waals surface area contributed by atoms with Crippen LogP contribution in [-0.2, 0) is 0 Å². The van der Waals surface area contributed by atoms with Gasteiger partial charge in [-0.1, -0.05) is 17.7 Å². The molecule has 98 valence electrons. The number of halogens is 5. The minimum Gasteiger partial charge on any atom is -0.289 e. The van der Waals surface area contributed by atoms with Gasteiger partial charge in [0.25, 0.3) is 0 Å². The molecule has 19 heavy (non-hydrogen) atoms. The normalized spacial score (nSPS) is 10.6. The second kappa shape index (κ2) is 5.01. The Bertz CT molecular complexity index is 647. The number of hydrogen-bond donors (Lipinski definition) is 0. The molecule has 0 spiro atoms. The number of rotatable bonds is 2. The molecule has 0 amide bonds. The van der Waals surface area contributed by atoms with Crippen LogP contribution in [0, 0.1) is 23.3 Å². The number of hydrogen-bond acceptors (Lipinski definition) is 1. The zero-order valence-electron chi connectivity index (χ0n) is 9.18. The first-order valence-corrected chi connectivity index (χ1v) is 5.43. The van der Waals surface area contributed by atoms with E-state index in [1.165, 1.54) is 12.1 Å². The van der Waals surface area contributed by atoms with Gasteiger partial charge in [-0.05, 0) is 24.3 Å². The topological polar surface area (TPSA) is 17.1 Å². The molecule has 0 aliphatic heterocycles. The Morgan fingerprint density at radius 1 is 0.947 bits per heavy atom. The molecular weight excluding hydrogens is 284 g/mol. The van der Waals surface area contributed by atoms with Crippen molar-refractivity contribution in [1.82, 2.24) is 0 Å². The zero-order chi connectivity index (χ0) is 14.2. The van der Waals surface area contributed by atoms with Gasteiger partial charge in [0.15, 0.2) is 23.2 Å². The summed E-state index contributed by atoms with van der Waals surface area (Å²) in [5, 5.41) is -0.461. The van der Waals surface area contributed by atoms with Crippen LogP contribution in [0.4, 0.5) is 17.6 Å². The molecule has 0 fully saturated rings. The SMILES string of the molecule is O=C(c1cc(F)c(F)c(F)c1)c1cccc(F)c1Cl. The van der Waals surface area contributed by atoms with Gasteiger partial charge in [0.2, 0.25) is 0 Å². The molecule has 0 N–H and O–H groups in total. The summed E-state index contributed by atoms with van der Waals surface area (Å²) in [6, 6.07) is 4.52. The lowest BCUT2D eigenvalue weighted by molar-refractivity contribution is 0.103. The molecule has 0 aliphatic carbocycles. The van der Waals surface area contributed by atoms with Crippen LogP contribution in [0.3, 0.4) is 0 Å². The maximum Gasteiger partial charge on any atom is 0.194 e.